The van der Waals surface area contributed by atoms with Gasteiger partial charge in [0, 0.05) is 52.5 Å². The van der Waals surface area contributed by atoms with Crippen molar-refractivity contribution >= 4 is 38.7 Å². The van der Waals surface area contributed by atoms with Crippen LogP contribution in [0.4, 0.5) is 0 Å². The molecule has 150 valence electrons. The van der Waals surface area contributed by atoms with Gasteiger partial charge in [-0.3, -0.25) is 9.59 Å². The Kier molecular flexibility index (Phi) is 4.18. The van der Waals surface area contributed by atoms with Gasteiger partial charge in [0.15, 0.2) is 0 Å². The van der Waals surface area contributed by atoms with E-state index >= 15 is 0 Å². The molecule has 0 saturated carbocycles. The van der Waals surface area contributed by atoms with Crippen LogP contribution in [-0.4, -0.2) is 28.5 Å². The molecule has 0 aliphatic carbocycles. The first-order chi connectivity index (χ1) is 14.7. The normalized spacial score (nSPS) is 20.3. The number of aromatic nitrogens is 1. The molecule has 6 heteroatoms. The Hall–Kier alpha value is -2.70. The van der Waals surface area contributed by atoms with Crippen molar-refractivity contribution in [2.45, 2.75) is 18.9 Å². The van der Waals surface area contributed by atoms with Crippen LogP contribution in [0.1, 0.15) is 27.7 Å². The Morgan fingerprint density at radius 2 is 1.90 bits per heavy atom. The standard InChI is InChI=1S/C24H20N2O2S2/c27-22-8-7-18(21-11-16-4-1-2-5-19(16)30-21)23-17-10-15(13-26(22)23)12-25(14-17)24(28)20-6-3-9-29-20/h1-9,11,15,17H,10,12-14H2/t15-,17+/m0/s1. The predicted octanol–water partition coefficient (Wildman–Crippen LogP) is 5.05. The molecule has 2 bridgehead atoms. The number of pyridine rings is 1. The van der Waals surface area contributed by atoms with Gasteiger partial charge in [0.1, 0.15) is 0 Å². The predicted molar refractivity (Wildman–Crippen MR) is 123 cm³/mol. The smallest absolute Gasteiger partial charge is 0.263 e. The number of hydrogen-bond donors (Lipinski definition) is 0. The van der Waals surface area contributed by atoms with Crippen molar-refractivity contribution in [3.05, 3.63) is 80.9 Å². The maximum Gasteiger partial charge on any atom is 0.263 e. The van der Waals surface area contributed by atoms with Crippen molar-refractivity contribution in [2.24, 2.45) is 5.92 Å². The van der Waals surface area contributed by atoms with Crippen LogP contribution in [0.2, 0.25) is 0 Å². The molecule has 4 aromatic rings. The fraction of sp³-hybridized carbons (Fsp3) is 0.250. The van der Waals surface area contributed by atoms with Crippen LogP contribution in [-0.2, 0) is 6.54 Å². The molecule has 1 amide bonds. The van der Waals surface area contributed by atoms with E-state index in [2.05, 4.69) is 30.3 Å². The molecule has 1 fully saturated rings. The van der Waals surface area contributed by atoms with Gasteiger partial charge in [0.25, 0.3) is 11.5 Å². The first-order valence-electron chi connectivity index (χ1n) is 10.2. The summed E-state index contributed by atoms with van der Waals surface area (Å²) in [5.41, 5.74) is 2.32. The van der Waals surface area contributed by atoms with Gasteiger partial charge in [-0.05, 0) is 47.4 Å². The van der Waals surface area contributed by atoms with Crippen LogP contribution in [0.25, 0.3) is 20.5 Å². The summed E-state index contributed by atoms with van der Waals surface area (Å²) in [6, 6.07) is 18.1. The SMILES string of the molecule is O=C(c1cccs1)N1C[C@@H]2C[C@H](C1)c1c(-c3cc4ccccc4s3)ccc(=O)n1C2. The minimum absolute atomic E-state index is 0.0718. The number of benzene rings is 1. The van der Waals surface area contributed by atoms with E-state index in [0.717, 1.165) is 29.1 Å². The van der Waals surface area contributed by atoms with Crippen molar-refractivity contribution in [1.82, 2.24) is 9.47 Å². The Balaban J connectivity index is 1.44. The van der Waals surface area contributed by atoms with Crippen LogP contribution < -0.4 is 5.56 Å². The van der Waals surface area contributed by atoms with E-state index in [0.29, 0.717) is 19.0 Å². The maximum absolute atomic E-state index is 13.0. The molecule has 0 radical (unpaired) electrons. The second-order valence-electron chi connectivity index (χ2n) is 8.22. The summed E-state index contributed by atoms with van der Waals surface area (Å²) in [5.74, 6) is 0.640. The van der Waals surface area contributed by atoms with E-state index < -0.39 is 0 Å². The van der Waals surface area contributed by atoms with Crippen molar-refractivity contribution in [3.63, 3.8) is 0 Å². The minimum atomic E-state index is 0.0718. The summed E-state index contributed by atoms with van der Waals surface area (Å²) in [5, 5.41) is 3.18. The van der Waals surface area contributed by atoms with E-state index in [4.69, 9.17) is 0 Å². The molecule has 5 heterocycles. The molecule has 1 saturated heterocycles. The first-order valence-corrected chi connectivity index (χ1v) is 11.9. The lowest BCUT2D eigenvalue weighted by Gasteiger charge is -2.43. The first kappa shape index (κ1) is 18.1. The van der Waals surface area contributed by atoms with E-state index in [9.17, 15) is 9.59 Å². The lowest BCUT2D eigenvalue weighted by atomic mass is 9.81. The van der Waals surface area contributed by atoms with Crippen LogP contribution >= 0.6 is 22.7 Å². The molecule has 0 unspecified atom stereocenters. The summed E-state index contributed by atoms with van der Waals surface area (Å²) < 4.78 is 3.23. The number of nitrogens with zero attached hydrogens (tertiary/aromatic N) is 2. The van der Waals surface area contributed by atoms with Gasteiger partial charge >= 0.3 is 0 Å². The molecular weight excluding hydrogens is 412 g/mol. The van der Waals surface area contributed by atoms with Gasteiger partial charge in [-0.1, -0.05) is 24.3 Å². The van der Waals surface area contributed by atoms with Gasteiger partial charge in [-0.25, -0.2) is 0 Å². The number of carbonyl (C=O) groups excluding carboxylic acids is 1. The molecule has 2 atom stereocenters. The Bertz CT molecular complexity index is 1290. The second kappa shape index (κ2) is 6.93. The second-order valence-corrected chi connectivity index (χ2v) is 10.2. The van der Waals surface area contributed by atoms with E-state index in [1.807, 2.05) is 33.0 Å². The fourth-order valence-corrected chi connectivity index (χ4v) is 6.85. The van der Waals surface area contributed by atoms with E-state index in [1.165, 1.54) is 26.3 Å². The summed E-state index contributed by atoms with van der Waals surface area (Å²) in [7, 11) is 0. The lowest BCUT2D eigenvalue weighted by molar-refractivity contribution is 0.0600. The maximum atomic E-state index is 13.0. The number of piperidine rings is 1. The van der Waals surface area contributed by atoms with Crippen molar-refractivity contribution in [3.8, 4) is 10.4 Å². The molecule has 4 nitrogen and oxygen atoms in total. The summed E-state index contributed by atoms with van der Waals surface area (Å²) in [6.07, 6.45) is 1.04. The third kappa shape index (κ3) is 2.86. The van der Waals surface area contributed by atoms with E-state index in [-0.39, 0.29) is 17.4 Å². The van der Waals surface area contributed by atoms with Gasteiger partial charge in [-0.2, -0.15) is 0 Å². The molecule has 6 rings (SSSR count). The molecule has 0 spiro atoms. The van der Waals surface area contributed by atoms with Gasteiger partial charge in [-0.15, -0.1) is 22.7 Å². The van der Waals surface area contributed by atoms with Crippen molar-refractivity contribution in [2.75, 3.05) is 13.1 Å². The Morgan fingerprint density at radius 3 is 2.73 bits per heavy atom. The van der Waals surface area contributed by atoms with Crippen LogP contribution in [0.5, 0.6) is 0 Å². The van der Waals surface area contributed by atoms with Crippen LogP contribution in [0.15, 0.2) is 64.8 Å². The zero-order valence-corrected chi connectivity index (χ0v) is 17.9. The number of fused-ring (bicyclic) bond motifs is 5. The van der Waals surface area contributed by atoms with E-state index in [1.54, 1.807) is 17.4 Å². The molecule has 3 aromatic heterocycles. The zero-order chi connectivity index (χ0) is 20.2. The molecule has 1 aromatic carbocycles. The Labute approximate surface area is 182 Å². The number of rotatable bonds is 2. The number of carbonyl (C=O) groups is 1. The highest BCUT2D eigenvalue weighted by Crippen LogP contribution is 2.43. The molecule has 2 aliphatic rings. The monoisotopic (exact) mass is 432 g/mol. The number of likely N-dealkylation sites (tertiary alicyclic amines) is 1. The fourth-order valence-electron chi connectivity index (χ4n) is 5.06. The molecular formula is C24H20N2O2S2. The van der Waals surface area contributed by atoms with Crippen LogP contribution in [0, 0.1) is 5.92 Å². The highest BCUT2D eigenvalue weighted by Gasteiger charge is 2.38. The van der Waals surface area contributed by atoms with Gasteiger partial charge in [0.2, 0.25) is 0 Å². The summed E-state index contributed by atoms with van der Waals surface area (Å²) in [6.45, 7) is 2.10. The topological polar surface area (TPSA) is 42.3 Å². The number of hydrogen-bond acceptors (Lipinski definition) is 4. The average molecular weight is 433 g/mol. The molecule has 0 N–H and O–H groups in total. The highest BCUT2D eigenvalue weighted by molar-refractivity contribution is 7.22. The van der Waals surface area contributed by atoms with Gasteiger partial charge in [0.05, 0.1) is 4.88 Å². The van der Waals surface area contributed by atoms with Crippen molar-refractivity contribution < 1.29 is 4.79 Å². The summed E-state index contributed by atoms with van der Waals surface area (Å²) in [4.78, 5) is 29.7. The zero-order valence-electron chi connectivity index (χ0n) is 16.3. The van der Waals surface area contributed by atoms with Gasteiger partial charge < -0.3 is 9.47 Å². The third-order valence-corrected chi connectivity index (χ3v) is 8.31. The van der Waals surface area contributed by atoms with Crippen LogP contribution in [0.3, 0.4) is 0 Å². The highest BCUT2D eigenvalue weighted by atomic mass is 32.1. The number of thiophene rings is 2. The van der Waals surface area contributed by atoms with Crippen molar-refractivity contribution in [1.29, 1.82) is 0 Å². The summed E-state index contributed by atoms with van der Waals surface area (Å²) >= 11 is 3.27. The number of amides is 1. The molecule has 30 heavy (non-hydrogen) atoms. The Morgan fingerprint density at radius 1 is 1.00 bits per heavy atom. The quantitative estimate of drug-likeness (QED) is 0.445. The lowest BCUT2D eigenvalue weighted by Crippen LogP contribution is -2.49. The largest absolute Gasteiger partial charge is 0.337 e. The molecule has 2 aliphatic heterocycles. The third-order valence-electron chi connectivity index (χ3n) is 6.30. The minimum Gasteiger partial charge on any atom is -0.337 e. The average Bonchev–Trinajstić information content (AvgIpc) is 3.43.